The summed E-state index contributed by atoms with van der Waals surface area (Å²) in [6.45, 7) is 17.1. The number of ether oxygens (including phenoxy) is 2. The fraction of sp³-hybridized carbons (Fsp3) is 0.345. The Morgan fingerprint density at radius 1 is 0.581 bits per heavy atom. The van der Waals surface area contributed by atoms with Crippen molar-refractivity contribution in [1.82, 2.24) is 19.9 Å². The van der Waals surface area contributed by atoms with E-state index in [0.717, 1.165) is 104 Å². The molecule has 3 aromatic heterocycles. The summed E-state index contributed by atoms with van der Waals surface area (Å²) >= 11 is 0. The fourth-order valence-corrected chi connectivity index (χ4v) is 8.62. The van der Waals surface area contributed by atoms with Crippen molar-refractivity contribution in [2.24, 2.45) is 11.8 Å². The highest BCUT2D eigenvalue weighted by Gasteiger charge is 2.21. The zero-order valence-corrected chi connectivity index (χ0v) is 38.8. The minimum Gasteiger partial charge on any atom is -0.493 e. The number of aromatic amines is 2. The van der Waals surface area contributed by atoms with Gasteiger partial charge in [-0.15, -0.1) is 12.0 Å². The van der Waals surface area contributed by atoms with Crippen molar-refractivity contribution in [3.05, 3.63) is 107 Å². The van der Waals surface area contributed by atoms with Crippen LogP contribution in [0.3, 0.4) is 0 Å². The van der Waals surface area contributed by atoms with E-state index in [0.29, 0.717) is 36.3 Å². The first-order valence-electron chi connectivity index (χ1n) is 22.7. The maximum absolute atomic E-state index is 6.71. The van der Waals surface area contributed by atoms with Crippen LogP contribution in [0.1, 0.15) is 113 Å². The first kappa shape index (κ1) is 44.0. The number of nitrogens with one attached hydrogen (secondary N) is 2. The van der Waals surface area contributed by atoms with Crippen LogP contribution in [0.25, 0.3) is 68.6 Å². The molecule has 0 radical (unpaired) electrons. The van der Waals surface area contributed by atoms with Gasteiger partial charge in [-0.25, -0.2) is 9.97 Å². The highest BCUT2D eigenvalue weighted by molar-refractivity contribution is 6.83. The van der Waals surface area contributed by atoms with E-state index in [2.05, 4.69) is 148 Å². The van der Waals surface area contributed by atoms with E-state index in [1.165, 1.54) is 25.7 Å². The molecule has 318 valence electrons. The van der Waals surface area contributed by atoms with E-state index in [-0.39, 0.29) is 0 Å². The first-order chi connectivity index (χ1) is 30.1. The second kappa shape index (κ2) is 20.2. The van der Waals surface area contributed by atoms with Crippen molar-refractivity contribution in [3.63, 3.8) is 0 Å². The third-order valence-corrected chi connectivity index (χ3v) is 12.7. The van der Waals surface area contributed by atoms with Crippen molar-refractivity contribution in [2.45, 2.75) is 98.7 Å². The number of hydrogen-bond donors (Lipinski definition) is 2. The molecule has 6 nitrogen and oxygen atoms in total. The predicted molar refractivity (Wildman–Crippen MR) is 265 cm³/mol. The monoisotopic (exact) mass is 838 g/mol. The average Bonchev–Trinajstić information content (AvgIpc) is 4.12. The summed E-state index contributed by atoms with van der Waals surface area (Å²) in [7, 11) is -1.80. The molecule has 0 spiro atoms. The Hall–Kier alpha value is -6.02. The topological polar surface area (TPSA) is 75.8 Å². The molecule has 0 aliphatic carbocycles. The number of benzene rings is 2. The Morgan fingerprint density at radius 2 is 1.02 bits per heavy atom. The lowest BCUT2D eigenvalue weighted by molar-refractivity contribution is 0.234. The zero-order valence-electron chi connectivity index (χ0n) is 37.8. The van der Waals surface area contributed by atoms with Gasteiger partial charge in [0.1, 0.15) is 19.6 Å². The van der Waals surface area contributed by atoms with Gasteiger partial charge in [0, 0.05) is 33.3 Å². The van der Waals surface area contributed by atoms with Crippen molar-refractivity contribution >= 4 is 54.4 Å². The molecule has 2 atom stereocenters. The summed E-state index contributed by atoms with van der Waals surface area (Å²) < 4.78 is 13.4. The Bertz CT molecular complexity index is 2670. The van der Waals surface area contributed by atoms with Gasteiger partial charge in [0.05, 0.1) is 58.1 Å². The minimum atomic E-state index is -1.80. The molecule has 2 aliphatic rings. The van der Waals surface area contributed by atoms with Crippen molar-refractivity contribution in [3.8, 4) is 57.6 Å². The smallest absolute Gasteiger partial charge is 0.129 e. The maximum Gasteiger partial charge on any atom is 0.129 e. The molecule has 0 amide bonds. The predicted octanol–water partition coefficient (Wildman–Crippen LogP) is 14.4. The molecule has 7 heteroatoms. The Morgan fingerprint density at radius 3 is 1.47 bits per heavy atom. The second-order valence-corrected chi connectivity index (χ2v) is 22.3. The van der Waals surface area contributed by atoms with Gasteiger partial charge in [-0.2, -0.15) is 0 Å². The summed E-state index contributed by atoms with van der Waals surface area (Å²) in [5, 5.41) is 0. The second-order valence-electron chi connectivity index (χ2n) is 17.6. The van der Waals surface area contributed by atoms with Crippen LogP contribution in [0.15, 0.2) is 72.8 Å². The standard InChI is InChI=1S/C55H62N4O2Si/c1-9-14-20-38(11-3)36-60-52-24-18-16-22-42(52)54-48-30-26-44(56-48)40(13-5)45-27-31-49(57-45)55(43-23-17-19-25-53(43)61-37-39(12-4)21-15-10-2)51-33-29-47(59-51)41(34-35-62(6,7)8)46-28-32-50(54)58-46/h5,16-19,22-33,38-39,56,59H,9-12,14-15,20-21,36-37H2,1-4,6-8H3. The Labute approximate surface area is 370 Å². The average molecular weight is 839 g/mol. The molecule has 8 bridgehead atoms. The quantitative estimate of drug-likeness (QED) is 0.0751. The number of terminal acetylenes is 1. The van der Waals surface area contributed by atoms with E-state index in [1.807, 2.05) is 24.3 Å². The molecule has 2 N–H and O–H groups in total. The van der Waals surface area contributed by atoms with Crippen LogP contribution < -0.4 is 9.47 Å². The molecule has 0 fully saturated rings. The number of para-hydroxylation sites is 2. The minimum absolute atomic E-state index is 0.482. The molecule has 62 heavy (non-hydrogen) atoms. The normalized spacial score (nSPS) is 13.0. The number of rotatable bonds is 16. The third kappa shape index (κ3) is 10.2. The number of H-pyrrole nitrogens is 2. The van der Waals surface area contributed by atoms with Gasteiger partial charge < -0.3 is 19.4 Å². The molecule has 0 saturated heterocycles. The van der Waals surface area contributed by atoms with Crippen LogP contribution in [-0.4, -0.2) is 41.2 Å². The molecule has 7 rings (SSSR count). The number of aromatic nitrogens is 4. The first-order valence-corrected chi connectivity index (χ1v) is 26.2. The number of hydrogen-bond acceptors (Lipinski definition) is 4. The van der Waals surface area contributed by atoms with Gasteiger partial charge in [-0.05, 0) is 85.4 Å². The summed E-state index contributed by atoms with van der Waals surface area (Å²) in [6.07, 6.45) is 23.8. The van der Waals surface area contributed by atoms with E-state index in [9.17, 15) is 0 Å². The molecule has 2 aliphatic heterocycles. The SMILES string of the molecule is C#Cc1c2nc(c(-c3ccccc3OCC(CC)CCCC)c3ccc([nH]3)c(C#C[Si](C)(C)C)c3nc(c(-c4ccccc4OCC(CC)CCCC)c4ccc1[nH]4)C=C3)C=C2. The fourth-order valence-electron chi connectivity index (χ4n) is 8.12. The van der Waals surface area contributed by atoms with Crippen LogP contribution in [0, 0.1) is 35.6 Å². The Balaban J connectivity index is 1.51. The molecule has 2 unspecified atom stereocenters. The van der Waals surface area contributed by atoms with Gasteiger partial charge in [0.25, 0.3) is 0 Å². The van der Waals surface area contributed by atoms with Gasteiger partial charge in [0.15, 0.2) is 0 Å². The lowest BCUT2D eigenvalue weighted by Gasteiger charge is -2.18. The van der Waals surface area contributed by atoms with E-state index in [1.54, 1.807) is 0 Å². The maximum atomic E-state index is 6.71. The zero-order chi connectivity index (χ0) is 43.6. The van der Waals surface area contributed by atoms with Crippen molar-refractivity contribution in [2.75, 3.05) is 13.2 Å². The highest BCUT2D eigenvalue weighted by Crippen LogP contribution is 2.39. The van der Waals surface area contributed by atoms with E-state index >= 15 is 0 Å². The summed E-state index contributed by atoms with van der Waals surface area (Å²) in [6, 6.07) is 25.0. The molecule has 5 aromatic rings. The van der Waals surface area contributed by atoms with Crippen molar-refractivity contribution in [1.29, 1.82) is 0 Å². The highest BCUT2D eigenvalue weighted by atomic mass is 28.3. The number of unbranched alkanes of at least 4 members (excludes halogenated alkanes) is 2. The van der Waals surface area contributed by atoms with Crippen LogP contribution in [-0.2, 0) is 0 Å². The molecular weight excluding hydrogens is 777 g/mol. The molecule has 5 heterocycles. The lowest BCUT2D eigenvalue weighted by Crippen LogP contribution is -2.16. The van der Waals surface area contributed by atoms with Gasteiger partial charge in [-0.1, -0.05) is 134 Å². The van der Waals surface area contributed by atoms with Crippen LogP contribution in [0.4, 0.5) is 0 Å². The van der Waals surface area contributed by atoms with Crippen LogP contribution in [0.2, 0.25) is 19.6 Å². The summed E-state index contributed by atoms with van der Waals surface area (Å²) in [4.78, 5) is 18.2. The number of fused-ring (bicyclic) bond motifs is 8. The largest absolute Gasteiger partial charge is 0.493 e. The van der Waals surface area contributed by atoms with Gasteiger partial charge >= 0.3 is 0 Å². The molecular formula is C55H62N4O2Si. The van der Waals surface area contributed by atoms with Crippen LogP contribution >= 0.6 is 0 Å². The number of nitrogens with zero attached hydrogens (tertiary/aromatic N) is 2. The lowest BCUT2D eigenvalue weighted by atomic mass is 10.00. The molecule has 2 aromatic carbocycles. The Kier molecular flexibility index (Phi) is 14.4. The summed E-state index contributed by atoms with van der Waals surface area (Å²) in [5.41, 5.74) is 15.5. The summed E-state index contributed by atoms with van der Waals surface area (Å²) in [5.74, 6) is 9.23. The van der Waals surface area contributed by atoms with Gasteiger partial charge in [-0.3, -0.25) is 0 Å². The van der Waals surface area contributed by atoms with E-state index in [4.69, 9.17) is 25.9 Å². The van der Waals surface area contributed by atoms with Crippen LogP contribution in [0.5, 0.6) is 11.5 Å². The van der Waals surface area contributed by atoms with Gasteiger partial charge in [0.2, 0.25) is 0 Å². The van der Waals surface area contributed by atoms with Crippen molar-refractivity contribution < 1.29 is 9.47 Å². The third-order valence-electron chi connectivity index (χ3n) is 11.8. The molecule has 0 saturated carbocycles. The van der Waals surface area contributed by atoms with E-state index < -0.39 is 8.07 Å².